The zero-order chi connectivity index (χ0) is 13.6. The van der Waals surface area contributed by atoms with Crippen LogP contribution in [-0.2, 0) is 9.84 Å². The molecule has 4 nitrogen and oxygen atoms in total. The third kappa shape index (κ3) is 2.65. The van der Waals surface area contributed by atoms with Gasteiger partial charge in [0.2, 0.25) is 0 Å². The second kappa shape index (κ2) is 4.52. The maximum atomic E-state index is 11.5. The van der Waals surface area contributed by atoms with Crippen LogP contribution >= 0.6 is 11.8 Å². The summed E-state index contributed by atoms with van der Waals surface area (Å²) >= 11 is 1.55. The Labute approximate surface area is 117 Å². The lowest BCUT2D eigenvalue weighted by Crippen LogP contribution is -2.13. The lowest BCUT2D eigenvalue weighted by molar-refractivity contribution is 0.601. The molecule has 0 spiro atoms. The predicted octanol–water partition coefficient (Wildman–Crippen LogP) is 1.98. The first-order valence-electron chi connectivity index (χ1n) is 6.22. The summed E-state index contributed by atoms with van der Waals surface area (Å²) in [5, 5.41) is 4.26. The van der Waals surface area contributed by atoms with Gasteiger partial charge in [0, 0.05) is 10.9 Å². The number of anilines is 1. The van der Waals surface area contributed by atoms with E-state index in [9.17, 15) is 8.42 Å². The number of benzene rings is 1. The molecule has 2 atom stereocenters. The van der Waals surface area contributed by atoms with Crippen molar-refractivity contribution in [2.75, 3.05) is 16.8 Å². The summed E-state index contributed by atoms with van der Waals surface area (Å²) in [5.74, 6) is 0.451. The van der Waals surface area contributed by atoms with Gasteiger partial charge in [0.1, 0.15) is 0 Å². The maximum absolute atomic E-state index is 11.5. The van der Waals surface area contributed by atoms with Crippen LogP contribution in [0.1, 0.15) is 11.1 Å². The molecule has 2 heterocycles. The second-order valence-corrected chi connectivity index (χ2v) is 8.56. The molecule has 6 heteroatoms. The largest absolute Gasteiger partial charge is 0.335 e. The lowest BCUT2D eigenvalue weighted by atomic mass is 10.1. The van der Waals surface area contributed by atoms with E-state index < -0.39 is 9.84 Å². The molecule has 0 radical (unpaired) electrons. The number of aryl methyl sites for hydroxylation is 2. The van der Waals surface area contributed by atoms with Gasteiger partial charge in [-0.1, -0.05) is 23.9 Å². The second-order valence-electron chi connectivity index (χ2n) is 5.18. The number of sulfone groups is 1. The molecule has 2 unspecified atom stereocenters. The van der Waals surface area contributed by atoms with Crippen LogP contribution < -0.4 is 5.32 Å². The van der Waals surface area contributed by atoms with Gasteiger partial charge in [-0.05, 0) is 31.0 Å². The first-order valence-corrected chi connectivity index (χ1v) is 8.92. The van der Waals surface area contributed by atoms with E-state index >= 15 is 0 Å². The molecule has 102 valence electrons. The third-order valence-electron chi connectivity index (χ3n) is 3.45. The Balaban J connectivity index is 1.78. The van der Waals surface area contributed by atoms with E-state index in [-0.39, 0.29) is 22.8 Å². The van der Waals surface area contributed by atoms with Crippen molar-refractivity contribution >= 4 is 32.5 Å². The molecule has 1 saturated heterocycles. The van der Waals surface area contributed by atoms with Crippen molar-refractivity contribution in [1.29, 1.82) is 0 Å². The molecule has 2 aliphatic rings. The number of thioether (sulfide) groups is 1. The van der Waals surface area contributed by atoms with Crippen molar-refractivity contribution in [2.24, 2.45) is 4.99 Å². The van der Waals surface area contributed by atoms with Crippen LogP contribution in [-0.4, -0.2) is 36.4 Å². The van der Waals surface area contributed by atoms with Gasteiger partial charge in [0.05, 0.1) is 17.5 Å². The van der Waals surface area contributed by atoms with Gasteiger partial charge in [0.25, 0.3) is 0 Å². The molecule has 0 aliphatic carbocycles. The summed E-state index contributed by atoms with van der Waals surface area (Å²) < 4.78 is 23.0. The highest BCUT2D eigenvalue weighted by molar-refractivity contribution is 8.15. The average Bonchev–Trinajstić information content (AvgIpc) is 2.76. The lowest BCUT2D eigenvalue weighted by Gasteiger charge is -2.10. The highest BCUT2D eigenvalue weighted by atomic mass is 32.2. The highest BCUT2D eigenvalue weighted by Gasteiger charge is 2.42. The number of fused-ring (bicyclic) bond motifs is 1. The smallest absolute Gasteiger partial charge is 0.161 e. The van der Waals surface area contributed by atoms with E-state index in [1.807, 2.05) is 6.92 Å². The molecule has 1 aromatic carbocycles. The maximum Gasteiger partial charge on any atom is 0.161 e. The van der Waals surface area contributed by atoms with E-state index in [0.29, 0.717) is 0 Å². The molecule has 1 aromatic rings. The predicted molar refractivity (Wildman–Crippen MR) is 80.8 cm³/mol. The van der Waals surface area contributed by atoms with Crippen molar-refractivity contribution in [3.8, 4) is 0 Å². The Bertz CT molecular complexity index is 653. The zero-order valence-corrected chi connectivity index (χ0v) is 12.5. The zero-order valence-electron chi connectivity index (χ0n) is 10.9. The first kappa shape index (κ1) is 13.0. The summed E-state index contributed by atoms with van der Waals surface area (Å²) in [5.41, 5.74) is 3.41. The summed E-state index contributed by atoms with van der Waals surface area (Å²) in [7, 11) is -2.87. The van der Waals surface area contributed by atoms with Crippen molar-refractivity contribution in [3.63, 3.8) is 0 Å². The fourth-order valence-corrected chi connectivity index (χ4v) is 6.07. The quantitative estimate of drug-likeness (QED) is 0.861. The van der Waals surface area contributed by atoms with E-state index in [0.717, 1.165) is 10.9 Å². The van der Waals surface area contributed by atoms with Crippen LogP contribution in [0, 0.1) is 13.8 Å². The molecule has 0 saturated carbocycles. The Morgan fingerprint density at radius 1 is 1.32 bits per heavy atom. The van der Waals surface area contributed by atoms with Crippen molar-refractivity contribution in [1.82, 2.24) is 0 Å². The molecule has 1 N–H and O–H groups in total. The van der Waals surface area contributed by atoms with Crippen LogP contribution in [0.25, 0.3) is 0 Å². The average molecular weight is 296 g/mol. The third-order valence-corrected chi connectivity index (χ3v) is 6.59. The summed E-state index contributed by atoms with van der Waals surface area (Å²) in [6.45, 7) is 4.10. The highest BCUT2D eigenvalue weighted by Crippen LogP contribution is 2.34. The minimum absolute atomic E-state index is 0.0670. The van der Waals surface area contributed by atoms with Gasteiger partial charge in [0.15, 0.2) is 15.0 Å². The van der Waals surface area contributed by atoms with Crippen LogP contribution in [0.15, 0.2) is 23.2 Å². The van der Waals surface area contributed by atoms with Gasteiger partial charge in [-0.2, -0.15) is 0 Å². The number of amidine groups is 1. The van der Waals surface area contributed by atoms with Crippen molar-refractivity contribution in [3.05, 3.63) is 29.3 Å². The first-order chi connectivity index (χ1) is 8.93. The molecular weight excluding hydrogens is 280 g/mol. The molecule has 2 aliphatic heterocycles. The normalized spacial score (nSPS) is 28.0. The Morgan fingerprint density at radius 2 is 2.11 bits per heavy atom. The van der Waals surface area contributed by atoms with Crippen LogP contribution in [0.5, 0.6) is 0 Å². The minimum atomic E-state index is -2.87. The molecule has 0 bridgehead atoms. The number of hydrogen-bond donors (Lipinski definition) is 1. The van der Waals surface area contributed by atoms with Gasteiger partial charge in [-0.25, -0.2) is 8.42 Å². The van der Waals surface area contributed by atoms with Gasteiger partial charge in [-0.3, -0.25) is 4.99 Å². The van der Waals surface area contributed by atoms with E-state index in [2.05, 4.69) is 35.4 Å². The molecular formula is C13H16N2O2S2. The van der Waals surface area contributed by atoms with Gasteiger partial charge < -0.3 is 5.32 Å². The van der Waals surface area contributed by atoms with E-state index in [4.69, 9.17) is 0 Å². The fourth-order valence-electron chi connectivity index (χ4n) is 2.40. The number of nitrogens with one attached hydrogen (secondary N) is 1. The number of aliphatic imine (C=N–C) groups is 1. The van der Waals surface area contributed by atoms with Crippen molar-refractivity contribution in [2.45, 2.75) is 25.1 Å². The molecule has 19 heavy (non-hydrogen) atoms. The molecule has 1 fully saturated rings. The number of hydrogen-bond acceptors (Lipinski definition) is 5. The summed E-state index contributed by atoms with van der Waals surface area (Å²) in [4.78, 5) is 4.50. The Hall–Kier alpha value is -1.01. The SMILES string of the molecule is Cc1ccc(C)c(NC2=NC3CS(=O)(=O)CC3S2)c1. The standard InChI is InChI=1S/C13H16N2O2S2/c1-8-3-4-9(2)10(5-8)14-13-15-11-6-19(16,17)7-12(11)18-13/h3-5,11-12H,6-7H2,1-2H3,(H,14,15). The Kier molecular flexibility index (Phi) is 3.09. The number of nitrogens with zero attached hydrogens (tertiary/aromatic N) is 1. The van der Waals surface area contributed by atoms with Gasteiger partial charge in [-0.15, -0.1) is 0 Å². The fraction of sp³-hybridized carbons (Fsp3) is 0.462. The molecule has 0 aromatic heterocycles. The van der Waals surface area contributed by atoms with E-state index in [1.165, 1.54) is 11.1 Å². The molecule has 3 rings (SSSR count). The minimum Gasteiger partial charge on any atom is -0.335 e. The number of rotatable bonds is 1. The van der Waals surface area contributed by atoms with Crippen molar-refractivity contribution < 1.29 is 8.42 Å². The monoisotopic (exact) mass is 296 g/mol. The summed E-state index contributed by atoms with van der Waals surface area (Å²) in [6, 6.07) is 6.17. The van der Waals surface area contributed by atoms with Crippen LogP contribution in [0.4, 0.5) is 5.69 Å². The van der Waals surface area contributed by atoms with Crippen LogP contribution in [0.2, 0.25) is 0 Å². The molecule has 0 amide bonds. The summed E-state index contributed by atoms with van der Waals surface area (Å²) in [6.07, 6.45) is 0. The van der Waals surface area contributed by atoms with Crippen LogP contribution in [0.3, 0.4) is 0 Å². The van der Waals surface area contributed by atoms with Gasteiger partial charge >= 0.3 is 0 Å². The van der Waals surface area contributed by atoms with E-state index in [1.54, 1.807) is 11.8 Å². The topological polar surface area (TPSA) is 58.5 Å². The Morgan fingerprint density at radius 3 is 2.84 bits per heavy atom.